The van der Waals surface area contributed by atoms with Crippen molar-refractivity contribution >= 4 is 5.97 Å². The van der Waals surface area contributed by atoms with Gasteiger partial charge in [0.1, 0.15) is 0 Å². The van der Waals surface area contributed by atoms with Crippen LogP contribution in [0.25, 0.3) is 11.1 Å². The zero-order valence-corrected chi connectivity index (χ0v) is 15.5. The summed E-state index contributed by atoms with van der Waals surface area (Å²) >= 11 is 0. The van der Waals surface area contributed by atoms with Crippen LogP contribution in [0.15, 0.2) is 73.3 Å². The lowest BCUT2D eigenvalue weighted by Crippen LogP contribution is -2.12. The third kappa shape index (κ3) is 8.90. The van der Waals surface area contributed by atoms with Gasteiger partial charge in [-0.3, -0.25) is 0 Å². The molecule has 2 aromatic rings. The van der Waals surface area contributed by atoms with E-state index in [0.717, 1.165) is 12.8 Å². The molecule has 2 nitrogen and oxygen atoms in total. The van der Waals surface area contributed by atoms with E-state index in [9.17, 15) is 4.79 Å². The van der Waals surface area contributed by atoms with Crippen LogP contribution < -0.4 is 0 Å². The number of carbonyl (C=O) groups excluding carboxylic acids is 1. The normalized spacial score (nSPS) is 11.0. The fourth-order valence-electron chi connectivity index (χ4n) is 2.42. The summed E-state index contributed by atoms with van der Waals surface area (Å²) in [6, 6.07) is 20.8. The molecule has 0 heterocycles. The standard InChI is InChI=1S/C12H10.C11H20O2/c1-3-7-11(8-4-1)12-9-5-2-6-10-12;1-4-7-8-10(5-2)9-13-11(12)6-3/h1-10H;6,10H,3-5,7-9H2,1-2H3. The Balaban J connectivity index is 0.000000250. The number of carbonyl (C=O) groups is 1. The second kappa shape index (κ2) is 13.0. The molecule has 0 saturated carbocycles. The van der Waals surface area contributed by atoms with Crippen LogP contribution in [0.5, 0.6) is 0 Å². The van der Waals surface area contributed by atoms with Crippen molar-refractivity contribution in [3.63, 3.8) is 0 Å². The molecule has 0 saturated heterocycles. The smallest absolute Gasteiger partial charge is 0.330 e. The van der Waals surface area contributed by atoms with Crippen molar-refractivity contribution in [3.05, 3.63) is 73.3 Å². The van der Waals surface area contributed by atoms with Gasteiger partial charge in [0.05, 0.1) is 6.61 Å². The van der Waals surface area contributed by atoms with Crippen LogP contribution in [0.3, 0.4) is 0 Å². The van der Waals surface area contributed by atoms with Crippen molar-refractivity contribution in [1.82, 2.24) is 0 Å². The Morgan fingerprint density at radius 1 is 1.00 bits per heavy atom. The van der Waals surface area contributed by atoms with E-state index in [-0.39, 0.29) is 5.97 Å². The molecule has 0 aliphatic carbocycles. The van der Waals surface area contributed by atoms with E-state index in [1.807, 2.05) is 12.1 Å². The van der Waals surface area contributed by atoms with Crippen molar-refractivity contribution in [1.29, 1.82) is 0 Å². The molecule has 0 aromatic heterocycles. The lowest BCUT2D eigenvalue weighted by atomic mass is 10.0. The maximum absolute atomic E-state index is 10.8. The summed E-state index contributed by atoms with van der Waals surface area (Å²) in [5.41, 5.74) is 2.55. The van der Waals surface area contributed by atoms with Crippen LogP contribution in [0.1, 0.15) is 39.5 Å². The Bertz CT molecular complexity index is 553. The topological polar surface area (TPSA) is 26.3 Å². The molecule has 0 aliphatic heterocycles. The number of rotatable bonds is 8. The minimum Gasteiger partial charge on any atom is -0.462 e. The summed E-state index contributed by atoms with van der Waals surface area (Å²) in [6.07, 6.45) is 5.85. The molecule has 1 unspecified atom stereocenters. The number of unbranched alkanes of at least 4 members (excludes halogenated alkanes) is 1. The Labute approximate surface area is 152 Å². The van der Waals surface area contributed by atoms with E-state index in [1.165, 1.54) is 30.0 Å². The number of hydrogen-bond acceptors (Lipinski definition) is 2. The van der Waals surface area contributed by atoms with Crippen LogP contribution in [0.2, 0.25) is 0 Å². The highest BCUT2D eigenvalue weighted by Gasteiger charge is 2.07. The van der Waals surface area contributed by atoms with E-state index in [4.69, 9.17) is 4.74 Å². The predicted octanol–water partition coefficient (Wildman–Crippen LogP) is 6.29. The van der Waals surface area contributed by atoms with Crippen LogP contribution in [0.4, 0.5) is 0 Å². The highest BCUT2D eigenvalue weighted by atomic mass is 16.5. The van der Waals surface area contributed by atoms with E-state index in [2.05, 4.69) is 69.0 Å². The minimum absolute atomic E-state index is 0.310. The van der Waals surface area contributed by atoms with Crippen LogP contribution >= 0.6 is 0 Å². The largest absolute Gasteiger partial charge is 0.462 e. The molecule has 0 aliphatic rings. The van der Waals surface area contributed by atoms with E-state index in [0.29, 0.717) is 12.5 Å². The average Bonchev–Trinajstić information content (AvgIpc) is 2.69. The molecule has 0 spiro atoms. The Hall–Kier alpha value is -2.35. The van der Waals surface area contributed by atoms with Crippen molar-refractivity contribution in [2.45, 2.75) is 39.5 Å². The summed E-state index contributed by atoms with van der Waals surface area (Å²) in [5, 5.41) is 0. The molecule has 0 radical (unpaired) electrons. The quantitative estimate of drug-likeness (QED) is 0.418. The second-order valence-corrected chi connectivity index (χ2v) is 5.98. The molecule has 1 atom stereocenters. The van der Waals surface area contributed by atoms with Gasteiger partial charge in [0.15, 0.2) is 0 Å². The van der Waals surface area contributed by atoms with Gasteiger partial charge >= 0.3 is 5.97 Å². The molecule has 0 fully saturated rings. The summed E-state index contributed by atoms with van der Waals surface area (Å²) < 4.78 is 4.98. The first-order chi connectivity index (χ1) is 12.2. The molecule has 0 amide bonds. The molecule has 134 valence electrons. The third-order valence-electron chi connectivity index (χ3n) is 4.05. The lowest BCUT2D eigenvalue weighted by Gasteiger charge is -2.13. The number of ether oxygens (including phenoxy) is 1. The minimum atomic E-state index is -0.310. The van der Waals surface area contributed by atoms with Gasteiger partial charge in [-0.15, -0.1) is 0 Å². The summed E-state index contributed by atoms with van der Waals surface area (Å²) in [6.45, 7) is 8.19. The monoisotopic (exact) mass is 338 g/mol. The Kier molecular flexibility index (Phi) is 10.8. The van der Waals surface area contributed by atoms with Gasteiger partial charge in [0, 0.05) is 6.08 Å². The molecular formula is C23H30O2. The van der Waals surface area contributed by atoms with Gasteiger partial charge < -0.3 is 4.74 Å². The summed E-state index contributed by atoms with van der Waals surface area (Å²) in [5.74, 6) is 0.207. The molecule has 2 aromatic carbocycles. The lowest BCUT2D eigenvalue weighted by molar-refractivity contribution is -0.139. The molecule has 0 N–H and O–H groups in total. The van der Waals surface area contributed by atoms with Gasteiger partial charge in [-0.25, -0.2) is 4.79 Å². The number of benzene rings is 2. The van der Waals surface area contributed by atoms with Crippen molar-refractivity contribution < 1.29 is 9.53 Å². The molecule has 25 heavy (non-hydrogen) atoms. The maximum Gasteiger partial charge on any atom is 0.330 e. The average molecular weight is 338 g/mol. The first-order valence-electron chi connectivity index (χ1n) is 9.10. The van der Waals surface area contributed by atoms with Crippen LogP contribution in [-0.4, -0.2) is 12.6 Å². The van der Waals surface area contributed by atoms with Crippen molar-refractivity contribution in [2.75, 3.05) is 6.61 Å². The first-order valence-corrected chi connectivity index (χ1v) is 9.10. The number of esters is 1. The first kappa shape index (κ1) is 20.7. The van der Waals surface area contributed by atoms with E-state index in [1.54, 1.807) is 0 Å². The van der Waals surface area contributed by atoms with Crippen LogP contribution in [0, 0.1) is 5.92 Å². The van der Waals surface area contributed by atoms with Gasteiger partial charge in [0.25, 0.3) is 0 Å². The zero-order chi connectivity index (χ0) is 18.3. The highest BCUT2D eigenvalue weighted by Crippen LogP contribution is 2.17. The molecule has 2 rings (SSSR count). The third-order valence-corrected chi connectivity index (χ3v) is 4.05. The predicted molar refractivity (Wildman–Crippen MR) is 106 cm³/mol. The SMILES string of the molecule is C=CC(=O)OCC(CC)CCCC.c1ccc(-c2ccccc2)cc1. The van der Waals surface area contributed by atoms with Crippen LogP contribution in [-0.2, 0) is 9.53 Å². The highest BCUT2D eigenvalue weighted by molar-refractivity contribution is 5.81. The van der Waals surface area contributed by atoms with Crippen molar-refractivity contribution in [3.8, 4) is 11.1 Å². The maximum atomic E-state index is 10.8. The molecule has 0 bridgehead atoms. The zero-order valence-electron chi connectivity index (χ0n) is 15.5. The van der Waals surface area contributed by atoms with Gasteiger partial charge in [0.2, 0.25) is 0 Å². The second-order valence-electron chi connectivity index (χ2n) is 5.98. The Morgan fingerprint density at radius 3 is 1.92 bits per heavy atom. The van der Waals surface area contributed by atoms with E-state index < -0.39 is 0 Å². The Morgan fingerprint density at radius 2 is 1.52 bits per heavy atom. The van der Waals surface area contributed by atoms with Gasteiger partial charge in [-0.2, -0.15) is 0 Å². The number of hydrogen-bond donors (Lipinski definition) is 0. The fraction of sp³-hybridized carbons (Fsp3) is 0.348. The molecular weight excluding hydrogens is 308 g/mol. The van der Waals surface area contributed by atoms with Gasteiger partial charge in [-0.05, 0) is 23.5 Å². The van der Waals surface area contributed by atoms with E-state index >= 15 is 0 Å². The molecule has 2 heteroatoms. The van der Waals surface area contributed by atoms with Gasteiger partial charge in [-0.1, -0.05) is 100 Å². The summed E-state index contributed by atoms with van der Waals surface area (Å²) in [7, 11) is 0. The summed E-state index contributed by atoms with van der Waals surface area (Å²) in [4.78, 5) is 10.8. The fourth-order valence-corrected chi connectivity index (χ4v) is 2.42. The van der Waals surface area contributed by atoms with Crippen molar-refractivity contribution in [2.24, 2.45) is 5.92 Å².